The molecule has 2 amide bonds. The molecular formula is C25H31ClFN5O3S. The molecule has 2 atom stereocenters. The Kier molecular flexibility index (Phi) is 7.94. The van der Waals surface area contributed by atoms with Gasteiger partial charge in [0, 0.05) is 49.2 Å². The number of rotatable bonds is 5. The molecule has 0 unspecified atom stereocenters. The van der Waals surface area contributed by atoms with Gasteiger partial charge < -0.3 is 19.9 Å². The van der Waals surface area contributed by atoms with Gasteiger partial charge >= 0.3 is 6.09 Å². The number of amides is 2. The van der Waals surface area contributed by atoms with Crippen LogP contribution in [0.3, 0.4) is 0 Å². The topological polar surface area (TPSA) is 87.7 Å². The first-order chi connectivity index (χ1) is 17.0. The van der Waals surface area contributed by atoms with E-state index in [4.69, 9.17) is 16.3 Å². The Balaban J connectivity index is 1.47. The molecule has 0 spiro atoms. The fraction of sp³-hybridized carbons (Fsp3) is 0.520. The van der Waals surface area contributed by atoms with Crippen LogP contribution in [0.4, 0.5) is 15.0 Å². The third kappa shape index (κ3) is 6.21. The summed E-state index contributed by atoms with van der Waals surface area (Å²) in [5, 5.41) is 3.02. The van der Waals surface area contributed by atoms with Crippen molar-refractivity contribution in [3.8, 4) is 0 Å². The number of anilines is 1. The second-order valence-corrected chi connectivity index (χ2v) is 11.7. The lowest BCUT2D eigenvalue weighted by atomic mass is 10.0. The summed E-state index contributed by atoms with van der Waals surface area (Å²) in [6.07, 6.45) is 1.02. The quantitative estimate of drug-likeness (QED) is 0.608. The van der Waals surface area contributed by atoms with Crippen molar-refractivity contribution >= 4 is 41.2 Å². The number of thioether (sulfide) groups is 1. The molecule has 8 nitrogen and oxygen atoms in total. The summed E-state index contributed by atoms with van der Waals surface area (Å²) in [6, 6.07) is 3.47. The van der Waals surface area contributed by atoms with Gasteiger partial charge in [-0.25, -0.2) is 19.2 Å². The summed E-state index contributed by atoms with van der Waals surface area (Å²) >= 11 is 7.66. The van der Waals surface area contributed by atoms with Crippen molar-refractivity contribution < 1.29 is 18.7 Å². The van der Waals surface area contributed by atoms with Crippen LogP contribution in [0.1, 0.15) is 49.8 Å². The van der Waals surface area contributed by atoms with E-state index in [1.54, 1.807) is 38.1 Å². The lowest BCUT2D eigenvalue weighted by Gasteiger charge is -2.38. The Morgan fingerprint density at radius 2 is 1.97 bits per heavy atom. The third-order valence-corrected chi connectivity index (χ3v) is 7.61. The predicted octanol–water partition coefficient (Wildman–Crippen LogP) is 4.36. The zero-order valence-corrected chi connectivity index (χ0v) is 22.5. The molecular weight excluding hydrogens is 505 g/mol. The molecule has 4 rings (SSSR count). The van der Waals surface area contributed by atoms with Crippen LogP contribution in [0, 0.1) is 5.82 Å². The summed E-state index contributed by atoms with van der Waals surface area (Å²) in [6.45, 7) is 9.58. The molecule has 11 heteroatoms. The average Bonchev–Trinajstić information content (AvgIpc) is 3.20. The Hall–Kier alpha value is -2.59. The van der Waals surface area contributed by atoms with Gasteiger partial charge in [-0.05, 0) is 45.4 Å². The number of nitrogens with zero attached hydrogens (tertiary/aromatic N) is 4. The van der Waals surface area contributed by atoms with Crippen LogP contribution in [-0.2, 0) is 21.7 Å². The first-order valence-corrected chi connectivity index (χ1v) is 13.4. The number of alkyl carbamates (subject to hydrolysis) is 1. The van der Waals surface area contributed by atoms with Gasteiger partial charge in [0.2, 0.25) is 5.91 Å². The lowest BCUT2D eigenvalue weighted by molar-refractivity contribution is -0.133. The van der Waals surface area contributed by atoms with E-state index in [0.29, 0.717) is 37.0 Å². The molecule has 1 fully saturated rings. The monoisotopic (exact) mass is 535 g/mol. The molecule has 0 bridgehead atoms. The minimum atomic E-state index is -0.910. The molecule has 0 aliphatic carbocycles. The SMILES string of the molecule is C[C@@H]1SCc2ncnc(N3CCN(C(=O)[C@@H](Cc4ccc(Cl)c(F)c4)NC(=O)OC(C)(C)C)CC3)c21. The molecule has 2 aliphatic heterocycles. The number of piperazine rings is 1. The highest BCUT2D eigenvalue weighted by Gasteiger charge is 2.33. The maximum atomic E-state index is 14.0. The number of fused-ring (bicyclic) bond motifs is 1. The Labute approximate surface area is 219 Å². The number of nitrogens with one attached hydrogen (secondary N) is 1. The van der Waals surface area contributed by atoms with Gasteiger partial charge in [0.25, 0.3) is 0 Å². The minimum absolute atomic E-state index is 0.00164. The molecule has 1 aromatic carbocycles. The fourth-order valence-electron chi connectivity index (χ4n) is 4.40. The van der Waals surface area contributed by atoms with Crippen LogP contribution in [-0.4, -0.2) is 64.7 Å². The zero-order chi connectivity index (χ0) is 26.0. The highest BCUT2D eigenvalue weighted by molar-refractivity contribution is 7.99. The average molecular weight is 536 g/mol. The third-order valence-electron chi connectivity index (χ3n) is 6.13. The number of carbonyl (C=O) groups is 2. The molecule has 1 N–H and O–H groups in total. The number of hydrogen-bond donors (Lipinski definition) is 1. The molecule has 2 aliphatic rings. The number of halogens is 2. The Morgan fingerprint density at radius 1 is 1.25 bits per heavy atom. The largest absolute Gasteiger partial charge is 0.444 e. The van der Waals surface area contributed by atoms with Gasteiger partial charge in [-0.2, -0.15) is 0 Å². The molecule has 2 aromatic rings. The highest BCUT2D eigenvalue weighted by atomic mass is 35.5. The van der Waals surface area contributed by atoms with Gasteiger partial charge in [-0.15, -0.1) is 11.8 Å². The van der Waals surface area contributed by atoms with Crippen molar-refractivity contribution in [2.45, 2.75) is 56.8 Å². The van der Waals surface area contributed by atoms with Crippen LogP contribution in [0.25, 0.3) is 0 Å². The van der Waals surface area contributed by atoms with E-state index >= 15 is 0 Å². The van der Waals surface area contributed by atoms with Crippen molar-refractivity contribution in [1.82, 2.24) is 20.2 Å². The van der Waals surface area contributed by atoms with E-state index in [2.05, 4.69) is 27.1 Å². The molecule has 0 radical (unpaired) electrons. The normalized spacial score (nSPS) is 18.6. The Bertz CT molecular complexity index is 1140. The predicted molar refractivity (Wildman–Crippen MR) is 139 cm³/mol. The van der Waals surface area contributed by atoms with Gasteiger partial charge in [0.1, 0.15) is 29.6 Å². The van der Waals surface area contributed by atoms with E-state index < -0.39 is 23.6 Å². The van der Waals surface area contributed by atoms with Crippen LogP contribution in [0.5, 0.6) is 0 Å². The van der Waals surface area contributed by atoms with Crippen LogP contribution >= 0.6 is 23.4 Å². The van der Waals surface area contributed by atoms with Crippen molar-refractivity contribution in [1.29, 1.82) is 0 Å². The Morgan fingerprint density at radius 3 is 2.64 bits per heavy atom. The lowest BCUT2D eigenvalue weighted by Crippen LogP contribution is -2.56. The number of carbonyl (C=O) groups excluding carboxylic acids is 2. The van der Waals surface area contributed by atoms with Crippen LogP contribution < -0.4 is 10.2 Å². The molecule has 194 valence electrons. The molecule has 3 heterocycles. The van der Waals surface area contributed by atoms with E-state index in [1.807, 2.05) is 11.8 Å². The summed E-state index contributed by atoms with van der Waals surface area (Å²) in [7, 11) is 0. The highest BCUT2D eigenvalue weighted by Crippen LogP contribution is 2.44. The first-order valence-electron chi connectivity index (χ1n) is 11.9. The van der Waals surface area contributed by atoms with Crippen molar-refractivity contribution in [3.63, 3.8) is 0 Å². The molecule has 36 heavy (non-hydrogen) atoms. The summed E-state index contributed by atoms with van der Waals surface area (Å²) in [5.41, 5.74) is 2.08. The van der Waals surface area contributed by atoms with Crippen LogP contribution in [0.2, 0.25) is 5.02 Å². The smallest absolute Gasteiger partial charge is 0.408 e. The van der Waals surface area contributed by atoms with Gasteiger partial charge in [-0.1, -0.05) is 17.7 Å². The standard InChI is InChI=1S/C25H31ClFN5O3S/c1-15-21-20(13-36-15)28-14-29-22(21)31-7-9-32(10-8-31)23(33)19(30-24(34)35-25(2,3)4)12-16-5-6-17(26)18(27)11-16/h5-6,11,14-15,19H,7-10,12-13H2,1-4H3,(H,30,34)/t15-,19+/m0/s1. The second kappa shape index (κ2) is 10.8. The molecule has 0 saturated carbocycles. The number of aromatic nitrogens is 2. The number of hydrogen-bond acceptors (Lipinski definition) is 7. The van der Waals surface area contributed by atoms with Crippen LogP contribution in [0.15, 0.2) is 24.5 Å². The molecule has 1 saturated heterocycles. The number of ether oxygens (including phenoxy) is 1. The summed E-state index contributed by atoms with van der Waals surface area (Å²) < 4.78 is 19.4. The van der Waals surface area contributed by atoms with Gasteiger partial charge in [0.05, 0.1) is 10.7 Å². The van der Waals surface area contributed by atoms with Crippen molar-refractivity contribution in [2.24, 2.45) is 0 Å². The van der Waals surface area contributed by atoms with E-state index in [0.717, 1.165) is 17.3 Å². The molecule has 1 aromatic heterocycles. The van der Waals surface area contributed by atoms with Crippen molar-refractivity contribution in [3.05, 3.63) is 52.2 Å². The van der Waals surface area contributed by atoms with Gasteiger partial charge in [-0.3, -0.25) is 4.79 Å². The van der Waals surface area contributed by atoms with E-state index in [-0.39, 0.29) is 17.4 Å². The zero-order valence-electron chi connectivity index (χ0n) is 20.9. The summed E-state index contributed by atoms with van der Waals surface area (Å²) in [5.74, 6) is 1.00. The van der Waals surface area contributed by atoms with E-state index in [1.165, 1.54) is 17.7 Å². The second-order valence-electron chi connectivity index (χ2n) is 9.97. The maximum absolute atomic E-state index is 14.0. The van der Waals surface area contributed by atoms with Gasteiger partial charge in [0.15, 0.2) is 0 Å². The summed E-state index contributed by atoms with van der Waals surface area (Å²) in [4.78, 5) is 38.9. The minimum Gasteiger partial charge on any atom is -0.444 e. The maximum Gasteiger partial charge on any atom is 0.408 e. The van der Waals surface area contributed by atoms with Crippen molar-refractivity contribution in [2.75, 3.05) is 31.1 Å². The number of benzene rings is 1. The fourth-order valence-corrected chi connectivity index (χ4v) is 5.57. The first kappa shape index (κ1) is 26.5. The van der Waals surface area contributed by atoms with E-state index in [9.17, 15) is 14.0 Å².